The largest absolute Gasteiger partial charge is 0.481 e. The molecule has 0 spiro atoms. The molecule has 0 aliphatic carbocycles. The molecule has 4 heterocycles. The van der Waals surface area contributed by atoms with Gasteiger partial charge in [0, 0.05) is 12.3 Å². The molecule has 1 unspecified atom stereocenters. The summed E-state index contributed by atoms with van der Waals surface area (Å²) in [6, 6.07) is 4.13. The second kappa shape index (κ2) is 7.66. The van der Waals surface area contributed by atoms with E-state index in [1.54, 1.807) is 0 Å². The quantitative estimate of drug-likeness (QED) is 0.513. The maximum absolute atomic E-state index is 14.6. The topological polar surface area (TPSA) is 146 Å². The molecule has 0 saturated carbocycles. The van der Waals surface area contributed by atoms with Crippen molar-refractivity contribution in [3.8, 4) is 22.9 Å². The molecule has 13 heteroatoms. The molecule has 3 aromatic rings. The number of hydrogen-bond acceptors (Lipinski definition) is 8. The van der Waals surface area contributed by atoms with E-state index in [1.165, 1.54) is 31.5 Å². The van der Waals surface area contributed by atoms with Crippen LogP contribution in [0.3, 0.4) is 0 Å². The molecule has 1 aliphatic rings. The lowest BCUT2D eigenvalue weighted by molar-refractivity contribution is -0.0595. The van der Waals surface area contributed by atoms with E-state index in [2.05, 4.69) is 20.2 Å². The predicted octanol–water partition coefficient (Wildman–Crippen LogP) is 0.120. The molecule has 0 bridgehead atoms. The van der Waals surface area contributed by atoms with Crippen molar-refractivity contribution < 1.29 is 18.3 Å². The van der Waals surface area contributed by atoms with E-state index in [0.29, 0.717) is 5.88 Å². The Bertz CT molecular complexity index is 1270. The summed E-state index contributed by atoms with van der Waals surface area (Å²) < 4.78 is 39.5. The van der Waals surface area contributed by atoms with Crippen LogP contribution in [0.4, 0.5) is 14.5 Å². The Hall–Kier alpha value is -4.03. The number of alkyl halides is 2. The first-order valence-corrected chi connectivity index (χ1v) is 8.98. The second-order valence-electron chi connectivity index (χ2n) is 6.74. The van der Waals surface area contributed by atoms with Gasteiger partial charge < -0.3 is 19.4 Å². The minimum Gasteiger partial charge on any atom is -0.481 e. The number of nitrogens with one attached hydrogen (secondary N) is 3. The molecule has 3 N–H and O–H groups in total. The molecule has 162 valence electrons. The SMILES string of the molecule is COc1ccc(OC2CN(c3cc(-c4c[nH]c(=O)[nH]c4=O)n[nH]c3=O)CC2(F)F)cn1. The Morgan fingerprint density at radius 3 is 2.71 bits per heavy atom. The smallest absolute Gasteiger partial charge is 0.325 e. The number of nitrogens with zero attached hydrogens (tertiary/aromatic N) is 3. The average molecular weight is 434 g/mol. The zero-order valence-corrected chi connectivity index (χ0v) is 16.0. The number of hydrogen-bond donors (Lipinski definition) is 3. The van der Waals surface area contributed by atoms with E-state index >= 15 is 0 Å². The van der Waals surface area contributed by atoms with Gasteiger partial charge in [-0.3, -0.25) is 14.6 Å². The lowest BCUT2D eigenvalue weighted by Crippen LogP contribution is -2.36. The van der Waals surface area contributed by atoms with Crippen LogP contribution in [0.2, 0.25) is 0 Å². The van der Waals surface area contributed by atoms with Gasteiger partial charge in [-0.25, -0.2) is 23.7 Å². The third kappa shape index (κ3) is 4.01. The summed E-state index contributed by atoms with van der Waals surface area (Å²) in [5.74, 6) is -2.85. The van der Waals surface area contributed by atoms with Crippen molar-refractivity contribution in [1.82, 2.24) is 25.1 Å². The van der Waals surface area contributed by atoms with E-state index in [1.807, 2.05) is 4.98 Å². The van der Waals surface area contributed by atoms with Crippen molar-refractivity contribution in [2.75, 3.05) is 25.1 Å². The molecular formula is C18H16F2N6O5. The van der Waals surface area contributed by atoms with E-state index in [9.17, 15) is 23.2 Å². The average Bonchev–Trinajstić information content (AvgIpc) is 3.03. The molecule has 11 nitrogen and oxygen atoms in total. The maximum atomic E-state index is 14.6. The summed E-state index contributed by atoms with van der Waals surface area (Å²) in [6.45, 7) is -1.08. The summed E-state index contributed by atoms with van der Waals surface area (Å²) in [4.78, 5) is 44.8. The van der Waals surface area contributed by atoms with Crippen molar-refractivity contribution in [1.29, 1.82) is 0 Å². The van der Waals surface area contributed by atoms with Crippen LogP contribution in [0.1, 0.15) is 0 Å². The second-order valence-corrected chi connectivity index (χ2v) is 6.74. The molecule has 3 aromatic heterocycles. The molecule has 0 aromatic carbocycles. The number of rotatable bonds is 5. The van der Waals surface area contributed by atoms with Crippen LogP contribution < -0.4 is 31.2 Å². The van der Waals surface area contributed by atoms with Crippen LogP contribution in [0.25, 0.3) is 11.3 Å². The van der Waals surface area contributed by atoms with E-state index < -0.39 is 35.4 Å². The van der Waals surface area contributed by atoms with Gasteiger partial charge in [0.15, 0.2) is 6.10 Å². The van der Waals surface area contributed by atoms with E-state index in [0.717, 1.165) is 11.1 Å². The van der Waals surface area contributed by atoms with Crippen molar-refractivity contribution in [2.45, 2.75) is 12.0 Å². The zero-order chi connectivity index (χ0) is 22.2. The molecule has 1 fully saturated rings. The molecule has 31 heavy (non-hydrogen) atoms. The predicted molar refractivity (Wildman–Crippen MR) is 104 cm³/mol. The number of ether oxygens (including phenoxy) is 2. The molecule has 0 amide bonds. The fourth-order valence-corrected chi connectivity index (χ4v) is 3.15. The minimum atomic E-state index is -3.27. The van der Waals surface area contributed by atoms with Crippen LogP contribution >= 0.6 is 0 Å². The Morgan fingerprint density at radius 1 is 1.23 bits per heavy atom. The number of pyridine rings is 1. The van der Waals surface area contributed by atoms with Gasteiger partial charge in [-0.1, -0.05) is 0 Å². The first-order chi connectivity index (χ1) is 14.8. The van der Waals surface area contributed by atoms with Crippen LogP contribution in [0.5, 0.6) is 11.6 Å². The number of aromatic amines is 3. The number of anilines is 1. The first-order valence-electron chi connectivity index (χ1n) is 8.98. The molecule has 4 rings (SSSR count). The number of methoxy groups -OCH3 is 1. The van der Waals surface area contributed by atoms with Gasteiger partial charge in [-0.2, -0.15) is 5.10 Å². The third-order valence-electron chi connectivity index (χ3n) is 4.68. The highest BCUT2D eigenvalue weighted by Crippen LogP contribution is 2.33. The van der Waals surface area contributed by atoms with Gasteiger partial charge in [0.1, 0.15) is 11.4 Å². The van der Waals surface area contributed by atoms with Crippen molar-refractivity contribution in [3.05, 3.63) is 61.8 Å². The molecule has 0 radical (unpaired) electrons. The Balaban J connectivity index is 1.61. The highest BCUT2D eigenvalue weighted by molar-refractivity contribution is 5.62. The molecular weight excluding hydrogens is 418 g/mol. The Labute approximate surface area is 171 Å². The van der Waals surface area contributed by atoms with Crippen molar-refractivity contribution in [2.24, 2.45) is 0 Å². The minimum absolute atomic E-state index is 0.000797. The van der Waals surface area contributed by atoms with Crippen LogP contribution in [0, 0.1) is 0 Å². The van der Waals surface area contributed by atoms with Gasteiger partial charge in [-0.15, -0.1) is 0 Å². The summed E-state index contributed by atoms with van der Waals surface area (Å²) in [6.07, 6.45) is 0.833. The normalized spacial score (nSPS) is 17.5. The van der Waals surface area contributed by atoms with Gasteiger partial charge in [0.05, 0.1) is 37.7 Å². The third-order valence-corrected chi connectivity index (χ3v) is 4.68. The summed E-state index contributed by atoms with van der Waals surface area (Å²) in [7, 11) is 1.42. The van der Waals surface area contributed by atoms with Gasteiger partial charge in [0.2, 0.25) is 5.88 Å². The number of halogens is 2. The lowest BCUT2D eigenvalue weighted by atomic mass is 10.2. The fraction of sp³-hybridized carbons (Fsp3) is 0.278. The fourth-order valence-electron chi connectivity index (χ4n) is 3.15. The van der Waals surface area contributed by atoms with E-state index in [-0.39, 0.29) is 29.2 Å². The highest BCUT2D eigenvalue weighted by atomic mass is 19.3. The Morgan fingerprint density at radius 2 is 2.03 bits per heavy atom. The van der Waals surface area contributed by atoms with Gasteiger partial charge in [-0.05, 0) is 12.1 Å². The summed E-state index contributed by atoms with van der Waals surface area (Å²) in [5, 5.41) is 5.95. The van der Waals surface area contributed by atoms with Crippen molar-refractivity contribution in [3.63, 3.8) is 0 Å². The highest BCUT2D eigenvalue weighted by Gasteiger charge is 2.50. The number of H-pyrrole nitrogens is 3. The van der Waals surface area contributed by atoms with Crippen LogP contribution in [-0.2, 0) is 0 Å². The lowest BCUT2D eigenvalue weighted by Gasteiger charge is -2.18. The van der Waals surface area contributed by atoms with Crippen LogP contribution in [-0.4, -0.2) is 57.4 Å². The first kappa shape index (κ1) is 20.3. The number of aromatic nitrogens is 5. The molecule has 1 saturated heterocycles. The maximum Gasteiger partial charge on any atom is 0.325 e. The summed E-state index contributed by atoms with van der Waals surface area (Å²) in [5.41, 5.74) is -2.33. The Kier molecular flexibility index (Phi) is 5.01. The monoisotopic (exact) mass is 434 g/mol. The van der Waals surface area contributed by atoms with Crippen molar-refractivity contribution >= 4 is 5.69 Å². The van der Waals surface area contributed by atoms with E-state index in [4.69, 9.17) is 9.47 Å². The zero-order valence-electron chi connectivity index (χ0n) is 16.0. The summed E-state index contributed by atoms with van der Waals surface area (Å²) >= 11 is 0. The molecule has 1 aliphatic heterocycles. The molecule has 1 atom stereocenters. The van der Waals surface area contributed by atoms with Gasteiger partial charge in [0.25, 0.3) is 11.1 Å². The van der Waals surface area contributed by atoms with Crippen LogP contribution in [0.15, 0.2) is 45.0 Å². The standard InChI is InChI=1S/C18H16F2N6O5/c1-30-14-3-2-9(5-21-14)31-13-7-26(8-18(13,19)20)12-4-11(24-25-16(12)28)10-6-22-17(29)23-15(10)27/h2-6,13H,7-8H2,1H3,(H,25,28)(H2,22,23,27,29). The van der Waals surface area contributed by atoms with Gasteiger partial charge >= 0.3 is 11.6 Å².